The second-order valence-electron chi connectivity index (χ2n) is 5.14. The molecular formula is C13H30ClFO2SSn. The molecule has 0 spiro atoms. The summed E-state index contributed by atoms with van der Waals surface area (Å²) in [5.41, 5.74) is 0. The summed E-state index contributed by atoms with van der Waals surface area (Å²) in [7, 11) is 2.72. The van der Waals surface area contributed by atoms with Crippen molar-refractivity contribution in [1.29, 1.82) is 0 Å². The van der Waals surface area contributed by atoms with E-state index >= 15 is 0 Å². The van der Waals surface area contributed by atoms with Crippen molar-refractivity contribution in [3.63, 3.8) is 0 Å². The van der Waals surface area contributed by atoms with Gasteiger partial charge < -0.3 is 0 Å². The first-order valence-electron chi connectivity index (χ1n) is 7.27. The minimum atomic E-state index is -4.17. The molecule has 0 fully saturated rings. The average Bonchev–Trinajstić information content (AvgIpc) is 2.30. The molecule has 0 amide bonds. The normalized spacial score (nSPS) is 11.9. The van der Waals surface area contributed by atoms with Crippen LogP contribution in [0.4, 0.5) is 3.89 Å². The Morgan fingerprint density at radius 1 is 0.895 bits per heavy atom. The first-order chi connectivity index (χ1) is 8.68. The van der Waals surface area contributed by atoms with Gasteiger partial charge in [-0.05, 0) is 0 Å². The molecule has 0 unspecified atom stereocenters. The van der Waals surface area contributed by atoms with Crippen LogP contribution < -0.4 is 0 Å². The van der Waals surface area contributed by atoms with Crippen LogP contribution in [-0.2, 0) is 10.2 Å². The number of unbranched alkanes of at least 4 members (excludes halogenated alkanes) is 3. The molecule has 0 heterocycles. The topological polar surface area (TPSA) is 34.1 Å². The van der Waals surface area contributed by atoms with Crippen LogP contribution in [0.1, 0.15) is 59.3 Å². The van der Waals surface area contributed by atoms with Crippen LogP contribution in [-0.4, -0.2) is 31.9 Å². The van der Waals surface area contributed by atoms with Gasteiger partial charge in [0.1, 0.15) is 0 Å². The van der Waals surface area contributed by atoms with Gasteiger partial charge in [-0.25, -0.2) is 0 Å². The number of hydrogen-bond acceptors (Lipinski definition) is 2. The number of rotatable bonds is 9. The van der Waals surface area contributed by atoms with Crippen molar-refractivity contribution in [3.05, 3.63) is 0 Å². The predicted octanol–water partition coefficient (Wildman–Crippen LogP) is 5.49. The second kappa shape index (κ2) is 12.7. The molecule has 0 atom stereocenters. The fourth-order valence-electron chi connectivity index (χ4n) is 1.86. The maximum absolute atomic E-state index is 10.7. The molecule has 0 bridgehead atoms. The summed E-state index contributed by atoms with van der Waals surface area (Å²) < 4.78 is 32.9. The summed E-state index contributed by atoms with van der Waals surface area (Å²) >= 11 is -2.09. The molecule has 0 N–H and O–H groups in total. The van der Waals surface area contributed by atoms with E-state index in [-0.39, 0.29) is 0 Å². The molecular weight excluding hydrogens is 393 g/mol. The summed E-state index contributed by atoms with van der Waals surface area (Å²) in [6, 6.07) is 0. The van der Waals surface area contributed by atoms with Gasteiger partial charge in [0.25, 0.3) is 10.2 Å². The zero-order valence-electron chi connectivity index (χ0n) is 12.8. The summed E-state index contributed by atoms with van der Waals surface area (Å²) in [6.07, 6.45) is 8.61. The Morgan fingerprint density at radius 2 is 1.11 bits per heavy atom. The third-order valence-electron chi connectivity index (χ3n) is 2.94. The Hall–Kier alpha value is 0.969. The minimum absolute atomic E-state index is 0.493. The van der Waals surface area contributed by atoms with Crippen LogP contribution in [0.5, 0.6) is 0 Å². The summed E-state index contributed by atoms with van der Waals surface area (Å²) in [5.74, 6) is 0. The van der Waals surface area contributed by atoms with Crippen molar-refractivity contribution >= 4 is 36.4 Å². The van der Waals surface area contributed by atoms with E-state index in [9.17, 15) is 3.89 Å². The van der Waals surface area contributed by atoms with Crippen molar-refractivity contribution in [3.8, 4) is 0 Å². The van der Waals surface area contributed by atoms with E-state index in [0.29, 0.717) is 6.26 Å². The number of halogens is 2. The molecule has 118 valence electrons. The van der Waals surface area contributed by atoms with E-state index < -0.39 is 27.5 Å². The first kappa shape index (κ1) is 22.3. The van der Waals surface area contributed by atoms with E-state index in [4.69, 9.17) is 17.3 Å². The molecule has 0 aromatic heterocycles. The Morgan fingerprint density at radius 3 is 1.26 bits per heavy atom. The average molecular weight is 424 g/mol. The van der Waals surface area contributed by atoms with Crippen molar-refractivity contribution < 1.29 is 12.3 Å². The van der Waals surface area contributed by atoms with Gasteiger partial charge in [0, 0.05) is 0 Å². The third-order valence-corrected chi connectivity index (χ3v) is 17.4. The standard InChI is InChI=1S/3C4H9.CH3FO2S.ClH.Sn/c3*1-3-4-2;1-5(2,3)4;;/h3*1,3-4H2,2H3;1H3;1H;/q;;;;;+1/p-1. The van der Waals surface area contributed by atoms with Crippen molar-refractivity contribution in [1.82, 2.24) is 0 Å². The Balaban J connectivity index is 0. The molecule has 0 radical (unpaired) electrons. The molecule has 0 saturated carbocycles. The molecule has 0 aliphatic carbocycles. The van der Waals surface area contributed by atoms with Crippen LogP contribution in [0.3, 0.4) is 0 Å². The molecule has 2 nitrogen and oxygen atoms in total. The third kappa shape index (κ3) is 21.4. The van der Waals surface area contributed by atoms with Crippen LogP contribution in [0, 0.1) is 0 Å². The predicted molar refractivity (Wildman–Crippen MR) is 86.7 cm³/mol. The summed E-state index contributed by atoms with van der Waals surface area (Å²) in [5, 5.41) is 0. The zero-order chi connectivity index (χ0) is 15.4. The van der Waals surface area contributed by atoms with Crippen LogP contribution >= 0.6 is 8.92 Å². The maximum atomic E-state index is 10.7. The van der Waals surface area contributed by atoms with E-state index in [0.717, 1.165) is 0 Å². The minimum Gasteiger partial charge on any atom is -0.195 e. The van der Waals surface area contributed by atoms with Crippen molar-refractivity contribution in [2.24, 2.45) is 0 Å². The second-order valence-corrected chi connectivity index (χ2v) is 22.7. The van der Waals surface area contributed by atoms with Gasteiger partial charge in [-0.15, -0.1) is 3.89 Å². The zero-order valence-corrected chi connectivity index (χ0v) is 17.3. The summed E-state index contributed by atoms with van der Waals surface area (Å²) in [4.78, 5) is 0. The van der Waals surface area contributed by atoms with Crippen LogP contribution in [0.15, 0.2) is 0 Å². The Kier molecular flexibility index (Phi) is 14.9. The fourth-order valence-corrected chi connectivity index (χ4v) is 15.1. The quantitative estimate of drug-likeness (QED) is 0.363. The van der Waals surface area contributed by atoms with Crippen molar-refractivity contribution in [2.45, 2.75) is 72.6 Å². The fraction of sp³-hybridized carbons (Fsp3) is 1.00. The molecule has 0 saturated heterocycles. The van der Waals surface area contributed by atoms with Gasteiger partial charge in [0.05, 0.1) is 6.26 Å². The first-order valence-corrected chi connectivity index (χ1v) is 18.7. The smallest absolute Gasteiger partial charge is 0.195 e. The monoisotopic (exact) mass is 424 g/mol. The van der Waals surface area contributed by atoms with Gasteiger partial charge in [-0.1, -0.05) is 0 Å². The van der Waals surface area contributed by atoms with Gasteiger partial charge in [0.15, 0.2) is 0 Å². The molecule has 0 aliphatic rings. The SMILES string of the molecule is CCC[CH2][Sn]([Cl])([CH2]CCC)[CH2]CCC.CS(=O)(=O)F. The molecule has 0 aromatic rings. The molecule has 0 aliphatic heterocycles. The summed E-state index contributed by atoms with van der Waals surface area (Å²) in [6.45, 7) is 6.84. The van der Waals surface area contributed by atoms with Gasteiger partial charge >= 0.3 is 98.8 Å². The van der Waals surface area contributed by atoms with Gasteiger partial charge in [-0.2, -0.15) is 8.42 Å². The van der Waals surface area contributed by atoms with Gasteiger partial charge in [-0.3, -0.25) is 0 Å². The van der Waals surface area contributed by atoms with E-state index in [2.05, 4.69) is 20.8 Å². The van der Waals surface area contributed by atoms with E-state index in [1.807, 2.05) is 0 Å². The Labute approximate surface area is 127 Å². The molecule has 19 heavy (non-hydrogen) atoms. The largest absolute Gasteiger partial charge is 0.299 e. The maximum Gasteiger partial charge on any atom is 0.299 e. The van der Waals surface area contributed by atoms with Gasteiger partial charge in [0.2, 0.25) is 0 Å². The van der Waals surface area contributed by atoms with Crippen LogP contribution in [0.25, 0.3) is 0 Å². The Bertz CT molecular complexity index is 267. The van der Waals surface area contributed by atoms with E-state index in [1.165, 1.54) is 51.8 Å². The molecule has 0 rings (SSSR count). The molecule has 0 aromatic carbocycles. The van der Waals surface area contributed by atoms with Crippen LogP contribution in [0.2, 0.25) is 13.3 Å². The van der Waals surface area contributed by atoms with Crippen molar-refractivity contribution in [2.75, 3.05) is 6.26 Å². The number of hydrogen-bond donors (Lipinski definition) is 0. The molecule has 6 heteroatoms. The van der Waals surface area contributed by atoms with E-state index in [1.54, 1.807) is 0 Å².